The number of thiazole rings is 1. The predicted molar refractivity (Wildman–Crippen MR) is 122 cm³/mol. The van der Waals surface area contributed by atoms with E-state index in [0.717, 1.165) is 31.4 Å². The molecule has 2 heterocycles. The fraction of sp³-hybridized carbons (Fsp3) is 0.364. The van der Waals surface area contributed by atoms with Gasteiger partial charge in [-0.25, -0.2) is 9.67 Å². The molecule has 2 amide bonds. The van der Waals surface area contributed by atoms with Gasteiger partial charge in [0.15, 0.2) is 5.13 Å². The van der Waals surface area contributed by atoms with E-state index in [4.69, 9.17) is 11.6 Å². The third-order valence-electron chi connectivity index (χ3n) is 5.40. The normalized spacial score (nSPS) is 14.4. The van der Waals surface area contributed by atoms with Crippen LogP contribution in [0, 0.1) is 13.8 Å². The number of halogens is 1. The monoisotopic (exact) mass is 457 g/mol. The van der Waals surface area contributed by atoms with E-state index in [-0.39, 0.29) is 22.7 Å². The van der Waals surface area contributed by atoms with Gasteiger partial charge in [0.2, 0.25) is 0 Å². The molecule has 31 heavy (non-hydrogen) atoms. The van der Waals surface area contributed by atoms with E-state index >= 15 is 0 Å². The van der Waals surface area contributed by atoms with Crippen LogP contribution in [0.15, 0.2) is 30.3 Å². The van der Waals surface area contributed by atoms with E-state index in [1.54, 1.807) is 13.8 Å². The van der Waals surface area contributed by atoms with Crippen molar-refractivity contribution in [3.05, 3.63) is 57.3 Å². The lowest BCUT2D eigenvalue weighted by atomic mass is 9.95. The molecule has 3 aromatic rings. The number of carbonyl (C=O) groups excluding carboxylic acids is 2. The molecule has 0 spiro atoms. The minimum atomic E-state index is -0.405. The van der Waals surface area contributed by atoms with Crippen LogP contribution in [-0.4, -0.2) is 32.6 Å². The highest BCUT2D eigenvalue weighted by atomic mass is 35.5. The van der Waals surface area contributed by atoms with Crippen molar-refractivity contribution in [1.29, 1.82) is 0 Å². The molecule has 0 saturated heterocycles. The zero-order valence-electron chi connectivity index (χ0n) is 17.4. The first kappa shape index (κ1) is 21.5. The standard InChI is InChI=1S/C22H24ClN5O2S/c1-13-17(19(23)28(27-13)16-11-7-4-8-12-16)20(29)26-22-24-14(2)18(31-22)21(30)25-15-9-5-3-6-10-15/h4,7-8,11-12,15H,3,5-6,9-10H2,1-2H3,(H,25,30)(H,24,26,29). The van der Waals surface area contributed by atoms with Crippen LogP contribution in [0.5, 0.6) is 0 Å². The third kappa shape index (κ3) is 4.65. The summed E-state index contributed by atoms with van der Waals surface area (Å²) < 4.78 is 1.53. The van der Waals surface area contributed by atoms with E-state index in [9.17, 15) is 9.59 Å². The van der Waals surface area contributed by atoms with Crippen molar-refractivity contribution in [2.45, 2.75) is 52.0 Å². The van der Waals surface area contributed by atoms with Gasteiger partial charge in [-0.15, -0.1) is 0 Å². The molecular weight excluding hydrogens is 434 g/mol. The number of hydrogen-bond acceptors (Lipinski definition) is 5. The van der Waals surface area contributed by atoms with Crippen molar-refractivity contribution in [1.82, 2.24) is 20.1 Å². The van der Waals surface area contributed by atoms with Gasteiger partial charge in [0.1, 0.15) is 15.6 Å². The second-order valence-electron chi connectivity index (χ2n) is 7.69. The number of aromatic nitrogens is 3. The number of hydrogen-bond donors (Lipinski definition) is 2. The maximum atomic E-state index is 12.9. The first-order valence-corrected chi connectivity index (χ1v) is 11.5. The number of aryl methyl sites for hydroxylation is 2. The van der Waals surface area contributed by atoms with E-state index in [2.05, 4.69) is 20.7 Å². The molecule has 4 rings (SSSR count). The summed E-state index contributed by atoms with van der Waals surface area (Å²) in [5.74, 6) is -0.536. The number of carbonyl (C=O) groups is 2. The van der Waals surface area contributed by atoms with Crippen molar-refractivity contribution in [2.75, 3.05) is 5.32 Å². The summed E-state index contributed by atoms with van der Waals surface area (Å²) in [4.78, 5) is 30.5. The molecule has 0 bridgehead atoms. The lowest BCUT2D eigenvalue weighted by molar-refractivity contribution is 0.0930. The molecule has 0 radical (unpaired) electrons. The minimum absolute atomic E-state index is 0.131. The van der Waals surface area contributed by atoms with Crippen molar-refractivity contribution >= 4 is 39.9 Å². The Hall–Kier alpha value is -2.71. The van der Waals surface area contributed by atoms with Gasteiger partial charge >= 0.3 is 0 Å². The van der Waals surface area contributed by atoms with Crippen molar-refractivity contribution in [3.8, 4) is 5.69 Å². The smallest absolute Gasteiger partial charge is 0.263 e. The van der Waals surface area contributed by atoms with Gasteiger partial charge in [0.25, 0.3) is 11.8 Å². The summed E-state index contributed by atoms with van der Waals surface area (Å²) in [6.45, 7) is 3.50. The molecule has 0 unspecified atom stereocenters. The maximum Gasteiger partial charge on any atom is 0.263 e. The van der Waals surface area contributed by atoms with Crippen LogP contribution >= 0.6 is 22.9 Å². The van der Waals surface area contributed by atoms with Gasteiger partial charge in [-0.2, -0.15) is 5.10 Å². The van der Waals surface area contributed by atoms with Crippen molar-refractivity contribution in [2.24, 2.45) is 0 Å². The Morgan fingerprint density at radius 3 is 2.48 bits per heavy atom. The summed E-state index contributed by atoms with van der Waals surface area (Å²) in [6.07, 6.45) is 5.53. The first-order chi connectivity index (χ1) is 14.9. The number of benzene rings is 1. The average molecular weight is 458 g/mol. The Kier molecular flexibility index (Phi) is 6.38. The molecule has 2 N–H and O–H groups in total. The van der Waals surface area contributed by atoms with Gasteiger partial charge in [-0.05, 0) is 38.8 Å². The molecule has 0 aliphatic heterocycles. The summed E-state index contributed by atoms with van der Waals surface area (Å²) >= 11 is 7.65. The Labute approximate surface area is 189 Å². The number of rotatable bonds is 5. The highest BCUT2D eigenvalue weighted by molar-refractivity contribution is 7.17. The highest BCUT2D eigenvalue weighted by Crippen LogP contribution is 2.27. The molecule has 1 aliphatic carbocycles. The molecule has 9 heteroatoms. The minimum Gasteiger partial charge on any atom is -0.349 e. The molecule has 1 aromatic carbocycles. The van der Waals surface area contributed by atoms with Crippen LogP contribution in [0.2, 0.25) is 5.15 Å². The Balaban J connectivity index is 1.50. The molecule has 1 saturated carbocycles. The van der Waals surface area contributed by atoms with Crippen molar-refractivity contribution < 1.29 is 9.59 Å². The van der Waals surface area contributed by atoms with Crippen LogP contribution in [-0.2, 0) is 0 Å². The molecule has 1 aliphatic rings. The van der Waals surface area contributed by atoms with Crippen LogP contribution in [0.1, 0.15) is 63.5 Å². The predicted octanol–water partition coefficient (Wildman–Crippen LogP) is 4.91. The largest absolute Gasteiger partial charge is 0.349 e. The van der Waals surface area contributed by atoms with E-state index in [1.807, 2.05) is 30.3 Å². The average Bonchev–Trinajstić information content (AvgIpc) is 3.27. The van der Waals surface area contributed by atoms with Gasteiger partial charge in [-0.1, -0.05) is 60.4 Å². The third-order valence-corrected chi connectivity index (χ3v) is 6.82. The van der Waals surface area contributed by atoms with Crippen molar-refractivity contribution in [3.63, 3.8) is 0 Å². The molecule has 7 nitrogen and oxygen atoms in total. The summed E-state index contributed by atoms with van der Waals surface area (Å²) in [6, 6.07) is 9.59. The van der Waals surface area contributed by atoms with Gasteiger partial charge < -0.3 is 5.32 Å². The fourth-order valence-electron chi connectivity index (χ4n) is 3.82. The quantitative estimate of drug-likeness (QED) is 0.569. The number of nitrogens with zero attached hydrogens (tertiary/aromatic N) is 3. The van der Waals surface area contributed by atoms with Crippen LogP contribution in [0.25, 0.3) is 5.69 Å². The second-order valence-corrected chi connectivity index (χ2v) is 9.05. The van der Waals surface area contributed by atoms with Crippen LogP contribution < -0.4 is 10.6 Å². The van der Waals surface area contributed by atoms with E-state index in [0.29, 0.717) is 21.4 Å². The van der Waals surface area contributed by atoms with Crippen LogP contribution in [0.4, 0.5) is 5.13 Å². The Morgan fingerprint density at radius 1 is 1.06 bits per heavy atom. The number of amides is 2. The summed E-state index contributed by atoms with van der Waals surface area (Å²) in [7, 11) is 0. The number of nitrogens with one attached hydrogen (secondary N) is 2. The first-order valence-electron chi connectivity index (χ1n) is 10.3. The van der Waals surface area contributed by atoms with Gasteiger partial charge in [0, 0.05) is 6.04 Å². The summed E-state index contributed by atoms with van der Waals surface area (Å²) in [5.41, 5.74) is 2.15. The zero-order chi connectivity index (χ0) is 22.0. The molecule has 162 valence electrons. The highest BCUT2D eigenvalue weighted by Gasteiger charge is 2.24. The SMILES string of the molecule is Cc1nc(NC(=O)c2c(C)nn(-c3ccccc3)c2Cl)sc1C(=O)NC1CCCCC1. The van der Waals surface area contributed by atoms with Gasteiger partial charge in [0.05, 0.1) is 17.1 Å². The maximum absolute atomic E-state index is 12.9. The van der Waals surface area contributed by atoms with Crippen LogP contribution in [0.3, 0.4) is 0 Å². The number of anilines is 1. The zero-order valence-corrected chi connectivity index (χ0v) is 19.0. The lowest BCUT2D eigenvalue weighted by Gasteiger charge is -2.22. The second kappa shape index (κ2) is 9.20. The molecular formula is C22H24ClN5O2S. The Bertz CT molecular complexity index is 1100. The molecule has 1 fully saturated rings. The van der Waals surface area contributed by atoms with E-state index < -0.39 is 5.91 Å². The fourth-order valence-corrected chi connectivity index (χ4v) is 5.04. The summed E-state index contributed by atoms with van der Waals surface area (Å²) in [5, 5.41) is 10.9. The van der Waals surface area contributed by atoms with Gasteiger partial charge in [-0.3, -0.25) is 14.9 Å². The Morgan fingerprint density at radius 2 is 1.77 bits per heavy atom. The number of para-hydroxylation sites is 1. The molecule has 2 aromatic heterocycles. The molecule has 0 atom stereocenters. The lowest BCUT2D eigenvalue weighted by Crippen LogP contribution is -2.36. The topological polar surface area (TPSA) is 88.9 Å². The van der Waals surface area contributed by atoms with E-state index in [1.165, 1.54) is 22.4 Å².